The van der Waals surface area contributed by atoms with E-state index in [9.17, 15) is 5.21 Å². The number of piperidine rings is 1. The molecular formula is C15H32NO5Si. The highest BCUT2D eigenvalue weighted by atomic mass is 28.4. The van der Waals surface area contributed by atoms with Crippen molar-refractivity contribution in [3.63, 3.8) is 0 Å². The number of nitrogens with zero attached hydrogens (tertiary/aromatic N) is 1. The number of hydrogen-bond acceptors (Lipinski definition) is 5. The Hall–Kier alpha value is -0.0231. The van der Waals surface area contributed by atoms with Crippen molar-refractivity contribution in [2.24, 2.45) is 0 Å². The summed E-state index contributed by atoms with van der Waals surface area (Å²) in [6, 6.07) is 0.726. The Morgan fingerprint density at radius 2 is 1.45 bits per heavy atom. The summed E-state index contributed by atoms with van der Waals surface area (Å²) in [5.41, 5.74) is -0.785. The summed E-state index contributed by atoms with van der Waals surface area (Å²) in [5.74, 6) is 0. The van der Waals surface area contributed by atoms with Crippen LogP contribution in [0.3, 0.4) is 0 Å². The molecule has 1 rings (SSSR count). The van der Waals surface area contributed by atoms with E-state index in [0.29, 0.717) is 6.61 Å². The van der Waals surface area contributed by atoms with E-state index in [1.54, 1.807) is 21.3 Å². The van der Waals surface area contributed by atoms with Crippen LogP contribution < -0.4 is 0 Å². The third-order valence-electron chi connectivity index (χ3n) is 4.47. The molecule has 0 amide bonds. The van der Waals surface area contributed by atoms with Gasteiger partial charge in [0.05, 0.1) is 6.10 Å². The van der Waals surface area contributed by atoms with Gasteiger partial charge in [-0.3, -0.25) is 0 Å². The number of ether oxygens (including phenoxy) is 1. The lowest BCUT2D eigenvalue weighted by molar-refractivity contribution is -0.301. The molecule has 7 heteroatoms. The molecule has 1 radical (unpaired) electrons. The van der Waals surface area contributed by atoms with E-state index in [0.717, 1.165) is 25.3 Å². The van der Waals surface area contributed by atoms with Gasteiger partial charge in [0.25, 0.3) is 0 Å². The van der Waals surface area contributed by atoms with Crippen molar-refractivity contribution in [1.29, 1.82) is 0 Å². The Balaban J connectivity index is 2.46. The third-order valence-corrected chi connectivity index (χ3v) is 7.30. The van der Waals surface area contributed by atoms with Crippen LogP contribution in [0.25, 0.3) is 0 Å². The molecule has 0 aliphatic carbocycles. The van der Waals surface area contributed by atoms with E-state index in [2.05, 4.69) is 0 Å². The van der Waals surface area contributed by atoms with Gasteiger partial charge in [-0.05, 0) is 47.0 Å². The second-order valence-electron chi connectivity index (χ2n) is 7.22. The predicted octanol–water partition coefficient (Wildman–Crippen LogP) is 2.64. The first-order valence-electron chi connectivity index (χ1n) is 7.87. The molecule has 1 saturated heterocycles. The molecule has 0 aromatic carbocycles. The summed E-state index contributed by atoms with van der Waals surface area (Å²) in [5, 5.41) is 13.5. The first-order valence-corrected chi connectivity index (χ1v) is 9.80. The van der Waals surface area contributed by atoms with Gasteiger partial charge in [-0.2, -0.15) is 0 Å². The van der Waals surface area contributed by atoms with Crippen LogP contribution in [-0.2, 0) is 23.2 Å². The maximum atomic E-state index is 12.3. The molecule has 0 atom stereocenters. The fourth-order valence-corrected chi connectivity index (χ4v) is 5.07. The van der Waals surface area contributed by atoms with Crippen LogP contribution >= 0.6 is 0 Å². The van der Waals surface area contributed by atoms with Crippen LogP contribution in [0, 0.1) is 0 Å². The molecule has 22 heavy (non-hydrogen) atoms. The highest BCUT2D eigenvalue weighted by Gasteiger charge is 2.46. The minimum atomic E-state index is -2.51. The Morgan fingerprint density at radius 3 is 1.86 bits per heavy atom. The average molecular weight is 335 g/mol. The van der Waals surface area contributed by atoms with Gasteiger partial charge in [0, 0.05) is 45.1 Å². The Bertz CT molecular complexity index is 321. The van der Waals surface area contributed by atoms with Crippen molar-refractivity contribution in [3.8, 4) is 0 Å². The zero-order valence-corrected chi connectivity index (χ0v) is 16.1. The molecule has 0 N–H and O–H groups in total. The SMILES string of the molecule is CO[Si](CCCOC1CC(C)(C)N([O])C(C)(C)C1)(OC)OC. The van der Waals surface area contributed by atoms with Gasteiger partial charge in [0.1, 0.15) is 0 Å². The fraction of sp³-hybridized carbons (Fsp3) is 1.00. The van der Waals surface area contributed by atoms with Gasteiger partial charge in [0.15, 0.2) is 0 Å². The molecule has 6 nitrogen and oxygen atoms in total. The normalized spacial score (nSPS) is 22.9. The van der Waals surface area contributed by atoms with E-state index in [-0.39, 0.29) is 6.10 Å². The molecule has 1 aliphatic heterocycles. The Morgan fingerprint density at radius 1 is 1.00 bits per heavy atom. The van der Waals surface area contributed by atoms with Crippen LogP contribution in [0.2, 0.25) is 6.04 Å². The lowest BCUT2D eigenvalue weighted by Gasteiger charge is -2.49. The molecule has 1 fully saturated rings. The monoisotopic (exact) mass is 334 g/mol. The topological polar surface area (TPSA) is 60.1 Å². The number of rotatable bonds is 8. The highest BCUT2D eigenvalue weighted by Crippen LogP contribution is 2.38. The van der Waals surface area contributed by atoms with Gasteiger partial charge in [-0.15, -0.1) is 10.3 Å². The van der Waals surface area contributed by atoms with E-state index in [4.69, 9.17) is 18.0 Å². The Kier molecular flexibility index (Phi) is 7.01. The fourth-order valence-electron chi connectivity index (χ4n) is 3.38. The zero-order chi connectivity index (χ0) is 17.0. The summed E-state index contributed by atoms with van der Waals surface area (Å²) in [6.45, 7) is 8.55. The van der Waals surface area contributed by atoms with Crippen LogP contribution in [0.15, 0.2) is 0 Å². The van der Waals surface area contributed by atoms with Gasteiger partial charge in [-0.1, -0.05) is 0 Å². The van der Waals surface area contributed by atoms with Crippen molar-refractivity contribution < 1.29 is 23.2 Å². The first-order chi connectivity index (χ1) is 10.1. The molecule has 1 aliphatic rings. The number of hydrogen-bond donors (Lipinski definition) is 0. The van der Waals surface area contributed by atoms with Crippen LogP contribution in [0.1, 0.15) is 47.0 Å². The standard InChI is InChI=1S/C15H32NO5Si/c1-14(2)11-13(12-15(3,4)16(14)17)21-9-8-10-22(18-5,19-6)20-7/h13H,8-12H2,1-7H3. The van der Waals surface area contributed by atoms with E-state index < -0.39 is 19.9 Å². The minimum absolute atomic E-state index is 0.110. The summed E-state index contributed by atoms with van der Waals surface area (Å²) in [7, 11) is 2.35. The molecule has 0 saturated carbocycles. The van der Waals surface area contributed by atoms with Gasteiger partial charge >= 0.3 is 8.80 Å². The maximum absolute atomic E-state index is 12.3. The number of hydroxylamine groups is 2. The van der Waals surface area contributed by atoms with Crippen molar-refractivity contribution in [1.82, 2.24) is 5.06 Å². The average Bonchev–Trinajstić information content (AvgIpc) is 2.45. The summed E-state index contributed by atoms with van der Waals surface area (Å²) < 4.78 is 22.2. The largest absolute Gasteiger partial charge is 0.500 e. The zero-order valence-electron chi connectivity index (χ0n) is 15.1. The van der Waals surface area contributed by atoms with Crippen LogP contribution in [0.4, 0.5) is 0 Å². The molecule has 0 aromatic heterocycles. The first kappa shape index (κ1) is 20.0. The quantitative estimate of drug-likeness (QED) is 0.504. The molecule has 0 unspecified atom stereocenters. The smallest absolute Gasteiger partial charge is 0.378 e. The molecule has 131 valence electrons. The van der Waals surface area contributed by atoms with Crippen molar-refractivity contribution >= 4 is 8.80 Å². The maximum Gasteiger partial charge on any atom is 0.500 e. The second-order valence-corrected chi connectivity index (χ2v) is 10.3. The second kappa shape index (κ2) is 7.70. The third kappa shape index (κ3) is 4.74. The van der Waals surface area contributed by atoms with E-state index in [1.165, 1.54) is 5.06 Å². The van der Waals surface area contributed by atoms with Crippen molar-refractivity contribution in [2.45, 2.75) is 70.2 Å². The Labute approximate surface area is 136 Å². The van der Waals surface area contributed by atoms with Crippen LogP contribution in [-0.4, -0.2) is 59.0 Å². The van der Waals surface area contributed by atoms with Gasteiger partial charge in [-0.25, -0.2) is 0 Å². The summed E-state index contributed by atoms with van der Waals surface area (Å²) >= 11 is 0. The van der Waals surface area contributed by atoms with E-state index >= 15 is 0 Å². The summed E-state index contributed by atoms with van der Waals surface area (Å²) in [4.78, 5) is 0. The summed E-state index contributed by atoms with van der Waals surface area (Å²) in [6.07, 6.45) is 2.43. The van der Waals surface area contributed by atoms with Crippen molar-refractivity contribution in [3.05, 3.63) is 0 Å². The van der Waals surface area contributed by atoms with E-state index in [1.807, 2.05) is 27.7 Å². The molecule has 1 heterocycles. The van der Waals surface area contributed by atoms with Gasteiger partial charge in [0.2, 0.25) is 0 Å². The lowest BCUT2D eigenvalue weighted by Crippen LogP contribution is -2.59. The lowest BCUT2D eigenvalue weighted by atomic mass is 9.80. The molecular weight excluding hydrogens is 302 g/mol. The highest BCUT2D eigenvalue weighted by molar-refractivity contribution is 6.60. The molecule has 0 bridgehead atoms. The predicted molar refractivity (Wildman–Crippen MR) is 85.9 cm³/mol. The molecule has 0 aromatic rings. The molecule has 0 spiro atoms. The van der Waals surface area contributed by atoms with Gasteiger partial charge < -0.3 is 18.0 Å². The van der Waals surface area contributed by atoms with Crippen molar-refractivity contribution in [2.75, 3.05) is 27.9 Å². The minimum Gasteiger partial charge on any atom is -0.378 e. The van der Waals surface area contributed by atoms with Crippen LogP contribution in [0.5, 0.6) is 0 Å².